The molecule has 0 aromatic heterocycles. The number of halogens is 3. The Morgan fingerprint density at radius 3 is 2.45 bits per heavy atom. The van der Waals surface area contributed by atoms with Crippen LogP contribution in [0.5, 0.6) is 0 Å². The third kappa shape index (κ3) is 4.68. The number of carbonyl (C=O) groups is 1. The topological polar surface area (TPSA) is 38.7 Å². The number of ether oxygens (including phenoxy) is 1. The predicted octanol–water partition coefficient (Wildman–Crippen LogP) is 3.24. The number of alkyl halides is 3. The number of benzene rings is 1. The average molecular weight is 287 g/mol. The van der Waals surface area contributed by atoms with Gasteiger partial charge in [-0.1, -0.05) is 30.3 Å². The Morgan fingerprint density at radius 2 is 1.95 bits per heavy atom. The fourth-order valence-corrected chi connectivity index (χ4v) is 1.61. The minimum atomic E-state index is -4.60. The lowest BCUT2D eigenvalue weighted by molar-refractivity contribution is -0.173. The second-order valence-corrected chi connectivity index (χ2v) is 4.22. The largest absolute Gasteiger partial charge is 0.466 e. The van der Waals surface area contributed by atoms with Gasteiger partial charge in [0, 0.05) is 6.21 Å². The summed E-state index contributed by atoms with van der Waals surface area (Å²) >= 11 is 0. The lowest BCUT2D eigenvalue weighted by atomic mass is 10.0. The van der Waals surface area contributed by atoms with Gasteiger partial charge in [0.2, 0.25) is 0 Å². The highest BCUT2D eigenvalue weighted by Crippen LogP contribution is 2.29. The Balaban J connectivity index is 2.91. The van der Waals surface area contributed by atoms with Crippen molar-refractivity contribution in [3.05, 3.63) is 35.9 Å². The van der Waals surface area contributed by atoms with Crippen LogP contribution in [-0.2, 0) is 9.53 Å². The van der Waals surface area contributed by atoms with Crippen LogP contribution in [0, 0.1) is 5.92 Å². The van der Waals surface area contributed by atoms with Crippen molar-refractivity contribution in [3.8, 4) is 0 Å². The highest BCUT2D eigenvalue weighted by Gasteiger charge is 2.46. The molecule has 0 spiro atoms. The zero-order valence-corrected chi connectivity index (χ0v) is 11.2. The van der Waals surface area contributed by atoms with Gasteiger partial charge in [-0.25, -0.2) is 0 Å². The van der Waals surface area contributed by atoms with E-state index in [0.29, 0.717) is 5.56 Å². The Bertz CT molecular complexity index is 457. The van der Waals surface area contributed by atoms with E-state index in [1.807, 2.05) is 0 Å². The van der Waals surface area contributed by atoms with Crippen LogP contribution in [0.4, 0.5) is 13.2 Å². The van der Waals surface area contributed by atoms with Crippen molar-refractivity contribution in [2.45, 2.75) is 26.1 Å². The maximum atomic E-state index is 13.0. The highest BCUT2D eigenvalue weighted by molar-refractivity contribution is 5.80. The fourth-order valence-electron chi connectivity index (χ4n) is 1.61. The van der Waals surface area contributed by atoms with Gasteiger partial charge >= 0.3 is 12.1 Å². The van der Waals surface area contributed by atoms with E-state index in [0.717, 1.165) is 6.21 Å². The van der Waals surface area contributed by atoms with Gasteiger partial charge in [0.25, 0.3) is 0 Å². The summed E-state index contributed by atoms with van der Waals surface area (Å²) in [5.74, 6) is -2.28. The molecule has 0 aliphatic carbocycles. The Hall–Kier alpha value is -1.85. The number of rotatable bonds is 5. The molecule has 0 fully saturated rings. The number of esters is 1. The molecule has 2 atom stereocenters. The minimum Gasteiger partial charge on any atom is -0.466 e. The van der Waals surface area contributed by atoms with Crippen LogP contribution in [0.2, 0.25) is 0 Å². The first-order valence-electron chi connectivity index (χ1n) is 6.17. The van der Waals surface area contributed by atoms with Gasteiger partial charge in [-0.2, -0.15) is 13.2 Å². The van der Waals surface area contributed by atoms with Gasteiger partial charge in [-0.15, -0.1) is 0 Å². The van der Waals surface area contributed by atoms with Crippen molar-refractivity contribution in [3.63, 3.8) is 0 Å². The third-order valence-corrected chi connectivity index (χ3v) is 2.65. The minimum absolute atomic E-state index is 0.0378. The number of aliphatic imine (C=N–C) groups is 1. The lowest BCUT2D eigenvalue weighted by Gasteiger charge is -2.21. The lowest BCUT2D eigenvalue weighted by Crippen LogP contribution is -2.38. The first-order chi connectivity index (χ1) is 9.36. The average Bonchev–Trinajstić information content (AvgIpc) is 2.38. The molecule has 0 bridgehead atoms. The van der Waals surface area contributed by atoms with Gasteiger partial charge in [0.15, 0.2) is 6.04 Å². The summed E-state index contributed by atoms with van der Waals surface area (Å²) in [6.45, 7) is 2.75. The van der Waals surface area contributed by atoms with Gasteiger partial charge in [0.05, 0.1) is 12.5 Å². The molecule has 0 saturated heterocycles. The molecule has 110 valence electrons. The molecule has 0 aliphatic heterocycles. The Labute approximate surface area is 115 Å². The van der Waals surface area contributed by atoms with E-state index < -0.39 is 24.1 Å². The smallest absolute Gasteiger partial charge is 0.411 e. The number of hydrogen-bond donors (Lipinski definition) is 0. The molecular weight excluding hydrogens is 271 g/mol. The van der Waals surface area contributed by atoms with Crippen molar-refractivity contribution in [1.82, 2.24) is 0 Å². The number of carbonyl (C=O) groups excluding carboxylic acids is 1. The normalized spacial score (nSPS) is 15.1. The van der Waals surface area contributed by atoms with Crippen LogP contribution < -0.4 is 0 Å². The SMILES string of the molecule is CCOC(=O)C(C)C(N=Cc1ccccc1)C(F)(F)F. The molecule has 6 heteroatoms. The van der Waals surface area contributed by atoms with E-state index in [4.69, 9.17) is 0 Å². The van der Waals surface area contributed by atoms with E-state index in [1.165, 1.54) is 6.92 Å². The van der Waals surface area contributed by atoms with Crippen molar-refractivity contribution in [1.29, 1.82) is 0 Å². The molecule has 0 radical (unpaired) electrons. The first kappa shape index (κ1) is 16.2. The van der Waals surface area contributed by atoms with Crippen molar-refractivity contribution < 1.29 is 22.7 Å². The fraction of sp³-hybridized carbons (Fsp3) is 0.429. The zero-order chi connectivity index (χ0) is 15.2. The summed E-state index contributed by atoms with van der Waals surface area (Å²) in [4.78, 5) is 15.0. The maximum absolute atomic E-state index is 13.0. The summed E-state index contributed by atoms with van der Waals surface area (Å²) < 4.78 is 43.5. The zero-order valence-electron chi connectivity index (χ0n) is 11.2. The summed E-state index contributed by atoms with van der Waals surface area (Å²) in [5.41, 5.74) is 0.540. The second-order valence-electron chi connectivity index (χ2n) is 4.22. The Kier molecular flexibility index (Phi) is 5.73. The molecule has 0 amide bonds. The third-order valence-electron chi connectivity index (χ3n) is 2.65. The molecule has 1 rings (SSSR count). The summed E-state index contributed by atoms with van der Waals surface area (Å²) in [5, 5.41) is 0. The number of hydrogen-bond acceptors (Lipinski definition) is 3. The van der Waals surface area contributed by atoms with Crippen LogP contribution in [0.1, 0.15) is 19.4 Å². The van der Waals surface area contributed by atoms with Gasteiger partial charge in [-0.05, 0) is 19.4 Å². The van der Waals surface area contributed by atoms with Gasteiger partial charge in [-0.3, -0.25) is 9.79 Å². The van der Waals surface area contributed by atoms with Crippen LogP contribution in [0.3, 0.4) is 0 Å². The summed E-state index contributed by atoms with van der Waals surface area (Å²) in [7, 11) is 0. The predicted molar refractivity (Wildman–Crippen MR) is 69.7 cm³/mol. The molecule has 20 heavy (non-hydrogen) atoms. The van der Waals surface area contributed by atoms with Crippen molar-refractivity contribution in [2.24, 2.45) is 10.9 Å². The van der Waals surface area contributed by atoms with Crippen molar-refractivity contribution in [2.75, 3.05) is 6.61 Å². The molecule has 0 heterocycles. The molecule has 2 unspecified atom stereocenters. The molecule has 0 saturated carbocycles. The molecule has 0 N–H and O–H groups in total. The number of nitrogens with zero attached hydrogens (tertiary/aromatic N) is 1. The van der Waals surface area contributed by atoms with Gasteiger partial charge < -0.3 is 4.74 Å². The monoisotopic (exact) mass is 287 g/mol. The molecule has 3 nitrogen and oxygen atoms in total. The Morgan fingerprint density at radius 1 is 1.35 bits per heavy atom. The van der Waals surface area contributed by atoms with E-state index in [-0.39, 0.29) is 6.61 Å². The van der Waals surface area contributed by atoms with E-state index >= 15 is 0 Å². The summed E-state index contributed by atoms with van der Waals surface area (Å²) in [6.07, 6.45) is -3.48. The second kappa shape index (κ2) is 7.07. The van der Waals surface area contributed by atoms with Crippen LogP contribution in [-0.4, -0.2) is 31.0 Å². The molecule has 1 aromatic carbocycles. The molecule has 0 aliphatic rings. The van der Waals surface area contributed by atoms with E-state index in [2.05, 4.69) is 9.73 Å². The quantitative estimate of drug-likeness (QED) is 0.616. The standard InChI is InChI=1S/C14H16F3NO2/c1-3-20-13(19)10(2)12(14(15,16)17)18-9-11-7-5-4-6-8-11/h4-10,12H,3H2,1-2H3. The van der Waals surface area contributed by atoms with Crippen LogP contribution in [0.25, 0.3) is 0 Å². The summed E-state index contributed by atoms with van der Waals surface area (Å²) in [6, 6.07) is 6.29. The van der Waals surface area contributed by atoms with Crippen LogP contribution in [0.15, 0.2) is 35.3 Å². The first-order valence-corrected chi connectivity index (χ1v) is 6.17. The molecular formula is C14H16F3NO2. The highest BCUT2D eigenvalue weighted by atomic mass is 19.4. The van der Waals surface area contributed by atoms with Crippen LogP contribution >= 0.6 is 0 Å². The van der Waals surface area contributed by atoms with Crippen molar-refractivity contribution >= 4 is 12.2 Å². The van der Waals surface area contributed by atoms with E-state index in [1.54, 1.807) is 37.3 Å². The van der Waals surface area contributed by atoms with Gasteiger partial charge in [0.1, 0.15) is 0 Å². The van der Waals surface area contributed by atoms with E-state index in [9.17, 15) is 18.0 Å². The molecule has 1 aromatic rings. The maximum Gasteiger partial charge on any atom is 0.411 e.